The van der Waals surface area contributed by atoms with Crippen LogP contribution in [0.1, 0.15) is 32.8 Å². The number of hydrogen-bond donors (Lipinski definition) is 1. The molecule has 0 aliphatic carbocycles. The first-order valence-corrected chi connectivity index (χ1v) is 8.41. The highest BCUT2D eigenvalue weighted by Crippen LogP contribution is 2.13. The van der Waals surface area contributed by atoms with Gasteiger partial charge in [0, 0.05) is 6.04 Å². The topological polar surface area (TPSA) is 72.5 Å². The van der Waals surface area contributed by atoms with Crippen LogP contribution in [-0.2, 0) is 26.0 Å². The van der Waals surface area contributed by atoms with Gasteiger partial charge in [0.25, 0.3) is 0 Å². The first-order chi connectivity index (χ1) is 9.74. The van der Waals surface area contributed by atoms with Gasteiger partial charge in [0.05, 0.1) is 18.4 Å². The van der Waals surface area contributed by atoms with E-state index in [-0.39, 0.29) is 23.3 Å². The highest BCUT2D eigenvalue weighted by atomic mass is 32.2. The van der Waals surface area contributed by atoms with Gasteiger partial charge in [-0.1, -0.05) is 26.0 Å². The van der Waals surface area contributed by atoms with E-state index in [1.54, 1.807) is 12.1 Å². The van der Waals surface area contributed by atoms with Gasteiger partial charge in [0.15, 0.2) is 0 Å². The van der Waals surface area contributed by atoms with E-state index >= 15 is 0 Å². The van der Waals surface area contributed by atoms with Crippen LogP contribution in [0.5, 0.6) is 0 Å². The van der Waals surface area contributed by atoms with Crippen LogP contribution in [0.15, 0.2) is 29.2 Å². The molecule has 1 rings (SSSR count). The van der Waals surface area contributed by atoms with Crippen molar-refractivity contribution in [3.63, 3.8) is 0 Å². The van der Waals surface area contributed by atoms with E-state index in [1.807, 2.05) is 20.8 Å². The number of carbonyl (C=O) groups excluding carboxylic acids is 1. The largest absolute Gasteiger partial charge is 0.469 e. The van der Waals surface area contributed by atoms with Crippen LogP contribution in [-0.4, -0.2) is 27.5 Å². The minimum absolute atomic E-state index is 0.121. The van der Waals surface area contributed by atoms with Crippen molar-refractivity contribution in [1.29, 1.82) is 0 Å². The monoisotopic (exact) mass is 313 g/mol. The molecule has 0 heterocycles. The first-order valence-electron chi connectivity index (χ1n) is 6.92. The van der Waals surface area contributed by atoms with E-state index in [4.69, 9.17) is 0 Å². The maximum absolute atomic E-state index is 12.2. The Hall–Kier alpha value is -1.40. The van der Waals surface area contributed by atoms with Crippen LogP contribution in [0.4, 0.5) is 0 Å². The standard InChI is InChI=1S/C15H23NO4S/c1-11(2)9-12(3)16-21(18,19)14-7-5-13(6-8-14)10-15(17)20-4/h5-8,11-12,16H,9-10H2,1-4H3. The Kier molecular flexibility index (Phi) is 6.36. The van der Waals surface area contributed by atoms with Crippen molar-refractivity contribution in [2.45, 2.75) is 44.6 Å². The molecule has 1 atom stereocenters. The Labute approximate surface area is 126 Å². The lowest BCUT2D eigenvalue weighted by atomic mass is 10.1. The zero-order valence-electron chi connectivity index (χ0n) is 12.9. The van der Waals surface area contributed by atoms with E-state index in [1.165, 1.54) is 19.2 Å². The lowest BCUT2D eigenvalue weighted by Crippen LogP contribution is -2.33. The summed E-state index contributed by atoms with van der Waals surface area (Å²) in [6, 6.07) is 6.13. The van der Waals surface area contributed by atoms with Crippen LogP contribution < -0.4 is 4.72 Å². The van der Waals surface area contributed by atoms with Gasteiger partial charge in [-0.3, -0.25) is 4.79 Å². The summed E-state index contributed by atoms with van der Waals surface area (Å²) in [5.74, 6) is 0.0689. The maximum atomic E-state index is 12.2. The Balaban J connectivity index is 2.78. The summed E-state index contributed by atoms with van der Waals surface area (Å²) in [5, 5.41) is 0. The summed E-state index contributed by atoms with van der Waals surface area (Å²) in [6.07, 6.45) is 0.910. The average Bonchev–Trinajstić information content (AvgIpc) is 2.37. The molecule has 1 aromatic rings. The van der Waals surface area contributed by atoms with Crippen molar-refractivity contribution < 1.29 is 17.9 Å². The molecule has 1 aromatic carbocycles. The molecule has 0 amide bonds. The van der Waals surface area contributed by atoms with Crippen molar-refractivity contribution in [2.24, 2.45) is 5.92 Å². The predicted molar refractivity (Wildman–Crippen MR) is 81.4 cm³/mol. The van der Waals surface area contributed by atoms with Gasteiger partial charge in [0.1, 0.15) is 0 Å². The zero-order valence-corrected chi connectivity index (χ0v) is 13.7. The molecule has 0 aromatic heterocycles. The SMILES string of the molecule is COC(=O)Cc1ccc(S(=O)(=O)NC(C)CC(C)C)cc1. The van der Waals surface area contributed by atoms with Crippen molar-refractivity contribution in [2.75, 3.05) is 7.11 Å². The third-order valence-corrected chi connectivity index (χ3v) is 4.60. The van der Waals surface area contributed by atoms with Crippen LogP contribution in [0.2, 0.25) is 0 Å². The number of methoxy groups -OCH3 is 1. The van der Waals surface area contributed by atoms with Gasteiger partial charge in [-0.25, -0.2) is 13.1 Å². The van der Waals surface area contributed by atoms with Crippen molar-refractivity contribution >= 4 is 16.0 Å². The number of ether oxygens (including phenoxy) is 1. The zero-order chi connectivity index (χ0) is 16.0. The van der Waals surface area contributed by atoms with Crippen LogP contribution in [0.3, 0.4) is 0 Å². The van der Waals surface area contributed by atoms with Crippen LogP contribution >= 0.6 is 0 Å². The summed E-state index contributed by atoms with van der Waals surface area (Å²) in [5.41, 5.74) is 0.719. The Morgan fingerprint density at radius 3 is 2.24 bits per heavy atom. The summed E-state index contributed by atoms with van der Waals surface area (Å²) < 4.78 is 31.6. The minimum Gasteiger partial charge on any atom is -0.469 e. The van der Waals surface area contributed by atoms with E-state index in [0.717, 1.165) is 12.0 Å². The lowest BCUT2D eigenvalue weighted by Gasteiger charge is -2.16. The smallest absolute Gasteiger partial charge is 0.309 e. The Bertz CT molecular complexity index is 564. The third-order valence-electron chi connectivity index (χ3n) is 2.99. The van der Waals surface area contributed by atoms with Gasteiger partial charge >= 0.3 is 5.97 Å². The molecule has 5 nitrogen and oxygen atoms in total. The molecule has 6 heteroatoms. The fourth-order valence-corrected chi connectivity index (χ4v) is 3.37. The number of carbonyl (C=O) groups is 1. The third kappa shape index (κ3) is 5.85. The molecule has 1 unspecified atom stereocenters. The highest BCUT2D eigenvalue weighted by Gasteiger charge is 2.18. The van der Waals surface area contributed by atoms with Crippen molar-refractivity contribution in [3.8, 4) is 0 Å². The highest BCUT2D eigenvalue weighted by molar-refractivity contribution is 7.89. The Morgan fingerprint density at radius 1 is 1.19 bits per heavy atom. The normalized spacial score (nSPS) is 13.2. The van der Waals surface area contributed by atoms with Crippen LogP contribution in [0.25, 0.3) is 0 Å². The van der Waals surface area contributed by atoms with Gasteiger partial charge in [-0.15, -0.1) is 0 Å². The molecule has 0 spiro atoms. The number of esters is 1. The van der Waals surface area contributed by atoms with Gasteiger partial charge in [-0.2, -0.15) is 0 Å². The summed E-state index contributed by atoms with van der Waals surface area (Å²) in [6.45, 7) is 5.95. The van der Waals surface area contributed by atoms with Gasteiger partial charge < -0.3 is 4.74 Å². The summed E-state index contributed by atoms with van der Waals surface area (Å²) in [4.78, 5) is 11.4. The van der Waals surface area contributed by atoms with Gasteiger partial charge in [0.2, 0.25) is 10.0 Å². The second-order valence-electron chi connectivity index (χ2n) is 5.55. The molecule has 0 aliphatic heterocycles. The predicted octanol–water partition coefficient (Wildman–Crippen LogP) is 2.11. The van der Waals surface area contributed by atoms with Crippen LogP contribution in [0, 0.1) is 5.92 Å². The molecule has 0 bridgehead atoms. The molecule has 21 heavy (non-hydrogen) atoms. The molecule has 0 saturated heterocycles. The first kappa shape index (κ1) is 17.7. The van der Waals surface area contributed by atoms with Gasteiger partial charge in [-0.05, 0) is 37.0 Å². The maximum Gasteiger partial charge on any atom is 0.309 e. The quantitative estimate of drug-likeness (QED) is 0.783. The second kappa shape index (κ2) is 7.56. The van der Waals surface area contributed by atoms with Crippen molar-refractivity contribution in [3.05, 3.63) is 29.8 Å². The number of sulfonamides is 1. The molecule has 0 saturated carbocycles. The molecule has 0 radical (unpaired) electrons. The van der Waals surface area contributed by atoms with E-state index in [2.05, 4.69) is 9.46 Å². The average molecular weight is 313 g/mol. The fourth-order valence-electron chi connectivity index (χ4n) is 2.11. The minimum atomic E-state index is -3.52. The number of benzene rings is 1. The van der Waals surface area contributed by atoms with E-state index in [0.29, 0.717) is 5.92 Å². The fraction of sp³-hybridized carbons (Fsp3) is 0.533. The van der Waals surface area contributed by atoms with Crippen molar-refractivity contribution in [1.82, 2.24) is 4.72 Å². The molecule has 0 fully saturated rings. The number of hydrogen-bond acceptors (Lipinski definition) is 4. The summed E-state index contributed by atoms with van der Waals surface area (Å²) >= 11 is 0. The lowest BCUT2D eigenvalue weighted by molar-refractivity contribution is -0.139. The molecular weight excluding hydrogens is 290 g/mol. The summed E-state index contributed by atoms with van der Waals surface area (Å²) in [7, 11) is -2.20. The Morgan fingerprint density at radius 2 is 1.76 bits per heavy atom. The number of nitrogens with one attached hydrogen (secondary N) is 1. The van der Waals surface area contributed by atoms with E-state index < -0.39 is 10.0 Å². The molecule has 0 aliphatic rings. The molecular formula is C15H23NO4S. The van der Waals surface area contributed by atoms with E-state index in [9.17, 15) is 13.2 Å². The molecule has 1 N–H and O–H groups in total. The molecule has 118 valence electrons. The number of rotatable bonds is 7. The second-order valence-corrected chi connectivity index (χ2v) is 7.26.